The molecule has 0 unspecified atom stereocenters. The molecule has 3 aromatic heterocycles. The molecule has 5 nitrogen and oxygen atoms in total. The van der Waals surface area contributed by atoms with Gasteiger partial charge in [-0.1, -0.05) is 141 Å². The maximum Gasteiger partial charge on any atom is 0.268 e. The number of hydrogen-bond acceptors (Lipinski definition) is 2. The number of ether oxygens (including phenoxy) is 1. The lowest BCUT2D eigenvalue weighted by Gasteiger charge is -2.26. The zero-order valence-corrected chi connectivity index (χ0v) is 41.9. The van der Waals surface area contributed by atoms with E-state index in [1.165, 1.54) is 49.7 Å². The molecule has 0 aliphatic heterocycles. The molecule has 0 amide bonds. The Labute approximate surface area is 389 Å². The first-order valence-electron chi connectivity index (χ1n) is 23.6. The van der Waals surface area contributed by atoms with Crippen LogP contribution in [-0.4, -0.2) is 14.1 Å². The minimum Gasteiger partial charge on any atom is -0.458 e. The number of benzene rings is 5. The third-order valence-corrected chi connectivity index (χ3v) is 13.0. The van der Waals surface area contributed by atoms with E-state index >= 15 is 0 Å². The molecule has 0 fully saturated rings. The quantitative estimate of drug-likeness (QED) is 0.113. The van der Waals surface area contributed by atoms with E-state index < -0.39 is 0 Å². The Morgan fingerprint density at radius 3 is 1.77 bits per heavy atom. The molecule has 0 aliphatic rings. The predicted octanol–water partition coefficient (Wildman–Crippen LogP) is 15.9. The summed E-state index contributed by atoms with van der Waals surface area (Å²) in [4.78, 5) is 4.99. The second kappa shape index (κ2) is 16.5. The van der Waals surface area contributed by atoms with Gasteiger partial charge in [0.05, 0.1) is 22.4 Å². The second-order valence-electron chi connectivity index (χ2n) is 23.0. The van der Waals surface area contributed by atoms with Crippen molar-refractivity contribution in [2.45, 2.75) is 144 Å². The lowest BCUT2D eigenvalue weighted by molar-refractivity contribution is -0.599. The minimum absolute atomic E-state index is 0.00262. The summed E-state index contributed by atoms with van der Waals surface area (Å²) < 4.78 is 13.6. The average Bonchev–Trinajstić information content (AvgIpc) is 3.85. The summed E-state index contributed by atoms with van der Waals surface area (Å²) in [5.74, 6) is 3.08. The Morgan fingerprint density at radius 1 is 0.554 bits per heavy atom. The number of aromatic nitrogens is 4. The van der Waals surface area contributed by atoms with Crippen molar-refractivity contribution in [3.05, 3.63) is 161 Å². The third kappa shape index (κ3) is 9.17. The van der Waals surface area contributed by atoms with Gasteiger partial charge >= 0.3 is 0 Å². The first-order valence-corrected chi connectivity index (χ1v) is 23.6. The molecule has 336 valence electrons. The van der Waals surface area contributed by atoms with E-state index in [4.69, 9.17) is 9.72 Å². The molecule has 0 bridgehead atoms. The molecule has 5 heteroatoms. The van der Waals surface area contributed by atoms with Crippen LogP contribution in [0.15, 0.2) is 122 Å². The van der Waals surface area contributed by atoms with Gasteiger partial charge in [0.1, 0.15) is 17.3 Å². The van der Waals surface area contributed by atoms with Gasteiger partial charge < -0.3 is 4.74 Å². The number of fused-ring (bicyclic) bond motifs is 3. The maximum atomic E-state index is 7.08. The summed E-state index contributed by atoms with van der Waals surface area (Å²) in [5, 5.41) is 2.37. The highest BCUT2D eigenvalue weighted by molar-refractivity contribution is 6.09. The van der Waals surface area contributed by atoms with Gasteiger partial charge in [0.2, 0.25) is 0 Å². The van der Waals surface area contributed by atoms with Gasteiger partial charge in [-0.15, -0.1) is 0 Å². The van der Waals surface area contributed by atoms with Gasteiger partial charge in [0.15, 0.2) is 0 Å². The number of imidazole rings is 1. The fourth-order valence-corrected chi connectivity index (χ4v) is 8.95. The van der Waals surface area contributed by atoms with Crippen molar-refractivity contribution in [2.75, 3.05) is 0 Å². The molecule has 8 aromatic rings. The van der Waals surface area contributed by atoms with Crippen molar-refractivity contribution in [3.63, 3.8) is 0 Å². The van der Waals surface area contributed by atoms with Crippen LogP contribution in [0, 0.1) is 6.33 Å². The van der Waals surface area contributed by atoms with Crippen LogP contribution in [0.2, 0.25) is 0 Å². The number of pyridine rings is 1. The standard InChI is InChI=1S/C60H70N4O/c1-38(2)49-18-17-19-50(39(3)4)56(49)40-28-45(62-26-27-63(37-62)46-31-43(59(11,12)13)30-44(32-46)60(14,15)16)35-48(29-40)65-47-21-22-51-52-33-41(57(5,6)7)20-23-53(52)64(54(51)36-47)55-34-42(24-25-61-55)58(8,9)10/h17-36,38-39H,1-16H3. The molecule has 0 atom stereocenters. The number of nitrogens with zero attached hydrogens (tertiary/aromatic N) is 4. The monoisotopic (exact) mass is 863 g/mol. The number of rotatable bonds is 8. The van der Waals surface area contributed by atoms with Crippen LogP contribution in [0.3, 0.4) is 0 Å². The van der Waals surface area contributed by atoms with Gasteiger partial charge in [0.25, 0.3) is 6.33 Å². The van der Waals surface area contributed by atoms with E-state index in [1.54, 1.807) is 0 Å². The summed E-state index contributed by atoms with van der Waals surface area (Å²) in [6, 6.07) is 38.2. The first-order chi connectivity index (χ1) is 30.4. The van der Waals surface area contributed by atoms with Crippen molar-refractivity contribution in [2.24, 2.45) is 0 Å². The Hall–Kier alpha value is -5.94. The SMILES string of the molecule is CC(C)c1cccc(C(C)C)c1-c1cc(Oc2ccc3c4cc(C(C)(C)C)ccc4n(-c4cc(C(C)(C)C)ccn4)c3c2)cc(-n2[c-][n+](-c3cc(C(C)(C)C)cc(C(C)(C)C)c3)cc2)c1. The highest BCUT2D eigenvalue weighted by atomic mass is 16.5. The minimum atomic E-state index is -0.0290. The van der Waals surface area contributed by atoms with Crippen LogP contribution in [0.1, 0.15) is 156 Å². The molecule has 0 N–H and O–H groups in total. The molecule has 0 spiro atoms. The van der Waals surface area contributed by atoms with Crippen molar-refractivity contribution < 1.29 is 9.30 Å². The lowest BCUT2D eigenvalue weighted by atomic mass is 9.80. The van der Waals surface area contributed by atoms with E-state index in [9.17, 15) is 0 Å². The van der Waals surface area contributed by atoms with Crippen molar-refractivity contribution in [3.8, 4) is 39.8 Å². The summed E-state index contributed by atoms with van der Waals surface area (Å²) in [6.07, 6.45) is 9.87. The zero-order chi connectivity index (χ0) is 47.0. The molecule has 0 saturated heterocycles. The van der Waals surface area contributed by atoms with Crippen LogP contribution in [0.25, 0.3) is 50.1 Å². The van der Waals surface area contributed by atoms with E-state index in [0.717, 1.165) is 45.3 Å². The van der Waals surface area contributed by atoms with E-state index in [-0.39, 0.29) is 21.7 Å². The molecular weight excluding hydrogens is 793 g/mol. The normalized spacial score (nSPS) is 12.9. The zero-order valence-electron chi connectivity index (χ0n) is 41.9. The Kier molecular flexibility index (Phi) is 11.6. The van der Waals surface area contributed by atoms with E-state index in [0.29, 0.717) is 11.8 Å². The van der Waals surface area contributed by atoms with Gasteiger partial charge in [-0.2, -0.15) is 0 Å². The van der Waals surface area contributed by atoms with Crippen LogP contribution in [0.5, 0.6) is 11.5 Å². The van der Waals surface area contributed by atoms with Crippen molar-refractivity contribution >= 4 is 21.8 Å². The predicted molar refractivity (Wildman–Crippen MR) is 273 cm³/mol. The van der Waals surface area contributed by atoms with E-state index in [2.05, 4.69) is 246 Å². The average molecular weight is 863 g/mol. The van der Waals surface area contributed by atoms with Crippen LogP contribution in [-0.2, 0) is 21.7 Å². The topological polar surface area (TPSA) is 35.9 Å². The lowest BCUT2D eigenvalue weighted by Crippen LogP contribution is -2.30. The smallest absolute Gasteiger partial charge is 0.268 e. The fourth-order valence-electron chi connectivity index (χ4n) is 8.95. The molecular formula is C60H70N4O. The number of hydrogen-bond donors (Lipinski definition) is 0. The molecule has 0 saturated carbocycles. The third-order valence-electron chi connectivity index (χ3n) is 13.0. The summed E-state index contributed by atoms with van der Waals surface area (Å²) in [7, 11) is 0. The summed E-state index contributed by atoms with van der Waals surface area (Å²) in [6.45, 7) is 36.4. The molecule has 3 heterocycles. The van der Waals surface area contributed by atoms with Gasteiger partial charge in [-0.25, -0.2) is 4.98 Å². The van der Waals surface area contributed by atoms with E-state index in [1.807, 2.05) is 6.20 Å². The summed E-state index contributed by atoms with van der Waals surface area (Å²) >= 11 is 0. The second-order valence-corrected chi connectivity index (χ2v) is 23.0. The van der Waals surface area contributed by atoms with Gasteiger partial charge in [-0.3, -0.25) is 13.7 Å². The molecule has 8 rings (SSSR count). The van der Waals surface area contributed by atoms with Crippen LogP contribution in [0.4, 0.5) is 0 Å². The summed E-state index contributed by atoms with van der Waals surface area (Å²) in [5.41, 5.74) is 14.4. The molecule has 0 aliphatic carbocycles. The first kappa shape index (κ1) is 45.6. The van der Waals surface area contributed by atoms with Crippen LogP contribution >= 0.6 is 0 Å². The van der Waals surface area contributed by atoms with Crippen molar-refractivity contribution in [1.82, 2.24) is 14.1 Å². The largest absolute Gasteiger partial charge is 0.458 e. The fraction of sp³-hybridized carbons (Fsp3) is 0.367. The van der Waals surface area contributed by atoms with Crippen molar-refractivity contribution in [1.29, 1.82) is 0 Å². The molecule has 65 heavy (non-hydrogen) atoms. The Bertz CT molecular complexity index is 3000. The molecule has 0 radical (unpaired) electrons. The maximum absolute atomic E-state index is 7.08. The van der Waals surface area contributed by atoms with Gasteiger partial charge in [-0.05, 0) is 145 Å². The highest BCUT2D eigenvalue weighted by Gasteiger charge is 2.24. The van der Waals surface area contributed by atoms with Gasteiger partial charge in [0, 0.05) is 35.4 Å². The Balaban J connectivity index is 1.31. The molecule has 5 aromatic carbocycles. The Morgan fingerprint density at radius 2 is 1.17 bits per heavy atom. The highest BCUT2D eigenvalue weighted by Crippen LogP contribution is 2.42. The van der Waals surface area contributed by atoms with Crippen LogP contribution < -0.4 is 9.30 Å².